The van der Waals surface area contributed by atoms with Crippen molar-refractivity contribution < 1.29 is 5.11 Å². The molecule has 32 heavy (non-hydrogen) atoms. The standard InChI is InChI=1S/C24H23N7O/c32-20-7-10-30(11-8-20)19-5-3-18(4-6-19)27-23-24-25-9-12-31(24)15-22(28-23)16-1-2-17-14-26-29-21(17)13-16/h1-6,9,12-15,20,32H,7-8,10-11H2,(H,26,29)(H,27,28). The summed E-state index contributed by atoms with van der Waals surface area (Å²) in [5, 5.41) is 21.4. The molecule has 1 aliphatic heterocycles. The smallest absolute Gasteiger partial charge is 0.180 e. The van der Waals surface area contributed by atoms with Crippen LogP contribution in [-0.2, 0) is 0 Å². The highest BCUT2D eigenvalue weighted by molar-refractivity contribution is 5.84. The zero-order valence-electron chi connectivity index (χ0n) is 17.4. The summed E-state index contributed by atoms with van der Waals surface area (Å²) in [7, 11) is 0. The summed E-state index contributed by atoms with van der Waals surface area (Å²) in [6, 6.07) is 14.5. The Morgan fingerprint density at radius 3 is 2.75 bits per heavy atom. The maximum absolute atomic E-state index is 9.74. The summed E-state index contributed by atoms with van der Waals surface area (Å²) in [4.78, 5) is 11.7. The van der Waals surface area contributed by atoms with Crippen LogP contribution >= 0.6 is 0 Å². The Kier molecular flexibility index (Phi) is 4.50. The first-order valence-corrected chi connectivity index (χ1v) is 10.8. The Balaban J connectivity index is 1.31. The van der Waals surface area contributed by atoms with Crippen LogP contribution in [0.2, 0.25) is 0 Å². The number of aromatic nitrogens is 5. The van der Waals surface area contributed by atoms with Gasteiger partial charge in [0, 0.05) is 54.0 Å². The molecule has 0 bridgehead atoms. The third-order valence-corrected chi connectivity index (χ3v) is 6.07. The second-order valence-corrected chi connectivity index (χ2v) is 8.19. The fourth-order valence-electron chi connectivity index (χ4n) is 4.27. The third kappa shape index (κ3) is 3.44. The number of rotatable bonds is 4. The Bertz CT molecular complexity index is 1380. The van der Waals surface area contributed by atoms with Crippen molar-refractivity contribution in [3.05, 3.63) is 67.3 Å². The second-order valence-electron chi connectivity index (χ2n) is 8.19. The summed E-state index contributed by atoms with van der Waals surface area (Å²) in [6.07, 6.45) is 8.97. The van der Waals surface area contributed by atoms with Gasteiger partial charge in [-0.2, -0.15) is 5.10 Å². The van der Waals surface area contributed by atoms with Crippen LogP contribution in [0.5, 0.6) is 0 Å². The van der Waals surface area contributed by atoms with E-state index in [4.69, 9.17) is 4.98 Å². The normalized spacial score (nSPS) is 15.0. The number of hydrogen-bond donors (Lipinski definition) is 3. The second kappa shape index (κ2) is 7.65. The highest BCUT2D eigenvalue weighted by Crippen LogP contribution is 2.28. The number of fused-ring (bicyclic) bond motifs is 2. The molecule has 1 fully saturated rings. The van der Waals surface area contributed by atoms with E-state index in [1.54, 1.807) is 6.20 Å². The average molecular weight is 425 g/mol. The molecule has 8 heteroatoms. The van der Waals surface area contributed by atoms with Crippen molar-refractivity contribution in [3.63, 3.8) is 0 Å². The largest absolute Gasteiger partial charge is 0.393 e. The quantitative estimate of drug-likeness (QED) is 0.403. The van der Waals surface area contributed by atoms with E-state index in [0.29, 0.717) is 5.82 Å². The van der Waals surface area contributed by atoms with Gasteiger partial charge in [-0.25, -0.2) is 9.97 Å². The molecule has 2 aromatic carbocycles. The van der Waals surface area contributed by atoms with Crippen molar-refractivity contribution in [2.75, 3.05) is 23.3 Å². The summed E-state index contributed by atoms with van der Waals surface area (Å²) < 4.78 is 1.98. The summed E-state index contributed by atoms with van der Waals surface area (Å²) in [5.41, 5.74) is 5.71. The number of aliphatic hydroxyl groups excluding tert-OH is 1. The van der Waals surface area contributed by atoms with Crippen molar-refractivity contribution in [3.8, 4) is 11.3 Å². The topological polar surface area (TPSA) is 94.4 Å². The first kappa shape index (κ1) is 18.8. The average Bonchev–Trinajstić information content (AvgIpc) is 3.49. The van der Waals surface area contributed by atoms with Crippen molar-refractivity contribution in [1.29, 1.82) is 0 Å². The van der Waals surface area contributed by atoms with Gasteiger partial charge in [0.05, 0.1) is 23.5 Å². The van der Waals surface area contributed by atoms with Crippen molar-refractivity contribution in [1.82, 2.24) is 24.6 Å². The lowest BCUT2D eigenvalue weighted by molar-refractivity contribution is 0.145. The van der Waals surface area contributed by atoms with Crippen LogP contribution < -0.4 is 10.2 Å². The van der Waals surface area contributed by atoms with Crippen molar-refractivity contribution in [2.24, 2.45) is 0 Å². The van der Waals surface area contributed by atoms with Gasteiger partial charge in [-0.05, 0) is 43.2 Å². The molecule has 3 aromatic heterocycles. The van der Waals surface area contributed by atoms with Crippen molar-refractivity contribution in [2.45, 2.75) is 18.9 Å². The summed E-state index contributed by atoms with van der Waals surface area (Å²) in [6.45, 7) is 1.76. The fourth-order valence-corrected chi connectivity index (χ4v) is 4.27. The molecule has 0 aliphatic carbocycles. The molecule has 0 radical (unpaired) electrons. The van der Waals surface area contributed by atoms with Crippen LogP contribution in [0.4, 0.5) is 17.2 Å². The van der Waals surface area contributed by atoms with Crippen LogP contribution in [0.1, 0.15) is 12.8 Å². The number of hydrogen-bond acceptors (Lipinski definition) is 6. The van der Waals surface area contributed by atoms with Gasteiger partial charge < -0.3 is 19.7 Å². The van der Waals surface area contributed by atoms with E-state index in [2.05, 4.69) is 61.8 Å². The molecule has 5 aromatic rings. The predicted octanol–water partition coefficient (Wildman–Crippen LogP) is 3.98. The van der Waals surface area contributed by atoms with Crippen LogP contribution in [0.25, 0.3) is 27.8 Å². The van der Waals surface area contributed by atoms with E-state index in [1.165, 1.54) is 5.69 Å². The number of nitrogens with one attached hydrogen (secondary N) is 2. The van der Waals surface area contributed by atoms with E-state index >= 15 is 0 Å². The van der Waals surface area contributed by atoms with Gasteiger partial charge in [-0.3, -0.25) is 5.10 Å². The van der Waals surface area contributed by atoms with E-state index in [-0.39, 0.29) is 6.10 Å². The predicted molar refractivity (Wildman–Crippen MR) is 125 cm³/mol. The minimum atomic E-state index is -0.170. The lowest BCUT2D eigenvalue weighted by atomic mass is 10.1. The molecule has 0 amide bonds. The molecule has 0 unspecified atom stereocenters. The van der Waals surface area contributed by atoms with Crippen molar-refractivity contribution >= 4 is 33.7 Å². The number of aliphatic hydroxyl groups is 1. The molecule has 6 rings (SSSR count). The van der Waals surface area contributed by atoms with Gasteiger partial charge in [-0.1, -0.05) is 12.1 Å². The van der Waals surface area contributed by atoms with Crippen LogP contribution in [0, 0.1) is 0 Å². The number of imidazole rings is 1. The number of H-pyrrole nitrogens is 1. The Hall–Kier alpha value is -3.91. The zero-order valence-corrected chi connectivity index (χ0v) is 17.4. The highest BCUT2D eigenvalue weighted by atomic mass is 16.3. The minimum Gasteiger partial charge on any atom is -0.393 e. The lowest BCUT2D eigenvalue weighted by Crippen LogP contribution is -2.35. The number of aromatic amines is 1. The third-order valence-electron chi connectivity index (χ3n) is 6.07. The number of anilines is 3. The molecular weight excluding hydrogens is 402 g/mol. The maximum atomic E-state index is 9.74. The van der Waals surface area contributed by atoms with E-state index in [1.807, 2.05) is 29.1 Å². The first-order chi connectivity index (χ1) is 15.7. The van der Waals surface area contributed by atoms with Gasteiger partial charge in [0.1, 0.15) is 0 Å². The summed E-state index contributed by atoms with van der Waals surface area (Å²) in [5.74, 6) is 0.700. The summed E-state index contributed by atoms with van der Waals surface area (Å²) >= 11 is 0. The molecule has 1 aliphatic rings. The molecular formula is C24H23N7O. The van der Waals surface area contributed by atoms with Gasteiger partial charge >= 0.3 is 0 Å². The molecule has 0 saturated carbocycles. The number of nitrogens with zero attached hydrogens (tertiary/aromatic N) is 5. The molecule has 0 spiro atoms. The van der Waals surface area contributed by atoms with E-state index < -0.39 is 0 Å². The zero-order chi connectivity index (χ0) is 21.5. The van der Waals surface area contributed by atoms with Gasteiger partial charge in [0.15, 0.2) is 11.5 Å². The lowest BCUT2D eigenvalue weighted by Gasteiger charge is -2.31. The van der Waals surface area contributed by atoms with Crippen LogP contribution in [-0.4, -0.2) is 48.9 Å². The monoisotopic (exact) mass is 425 g/mol. The Labute approximate surface area is 184 Å². The molecule has 0 atom stereocenters. The van der Waals surface area contributed by atoms with E-state index in [9.17, 15) is 5.11 Å². The molecule has 3 N–H and O–H groups in total. The number of piperidine rings is 1. The van der Waals surface area contributed by atoms with Gasteiger partial charge in [0.2, 0.25) is 0 Å². The molecule has 160 valence electrons. The number of benzene rings is 2. The van der Waals surface area contributed by atoms with Crippen LogP contribution in [0.15, 0.2) is 67.3 Å². The van der Waals surface area contributed by atoms with E-state index in [0.717, 1.165) is 59.4 Å². The minimum absolute atomic E-state index is 0.170. The maximum Gasteiger partial charge on any atom is 0.180 e. The first-order valence-electron chi connectivity index (χ1n) is 10.8. The SMILES string of the molecule is OC1CCN(c2ccc(Nc3nc(-c4ccc5cn[nH]c5c4)cn4ccnc34)cc2)CC1. The molecule has 1 saturated heterocycles. The van der Waals surface area contributed by atoms with Gasteiger partial charge in [-0.15, -0.1) is 0 Å². The molecule has 4 heterocycles. The van der Waals surface area contributed by atoms with Crippen LogP contribution in [0.3, 0.4) is 0 Å². The Morgan fingerprint density at radius 2 is 1.91 bits per heavy atom. The Morgan fingerprint density at radius 1 is 1.06 bits per heavy atom. The fraction of sp³-hybridized carbons (Fsp3) is 0.208. The highest BCUT2D eigenvalue weighted by Gasteiger charge is 2.17. The van der Waals surface area contributed by atoms with Gasteiger partial charge in [0.25, 0.3) is 0 Å². The molecule has 8 nitrogen and oxygen atoms in total.